The van der Waals surface area contributed by atoms with E-state index in [0.29, 0.717) is 0 Å². The molecule has 1 unspecified atom stereocenters. The molecular weight excluding hydrogens is 260 g/mol. The van der Waals surface area contributed by atoms with Crippen molar-refractivity contribution in [2.75, 3.05) is 13.2 Å². The van der Waals surface area contributed by atoms with Crippen LogP contribution >= 0.6 is 0 Å². The highest BCUT2D eigenvalue weighted by atomic mass is 28.3. The van der Waals surface area contributed by atoms with Crippen molar-refractivity contribution in [3.8, 4) is 0 Å². The van der Waals surface area contributed by atoms with Gasteiger partial charge >= 0.3 is 0 Å². The van der Waals surface area contributed by atoms with Crippen LogP contribution in [0.3, 0.4) is 0 Å². The summed E-state index contributed by atoms with van der Waals surface area (Å²) in [4.78, 5) is 0. The molecular formula is C18H34OSi. The smallest absolute Gasteiger partial charge is 0.0660 e. The van der Waals surface area contributed by atoms with Crippen LogP contribution in [0.2, 0.25) is 11.6 Å². The molecule has 0 spiro atoms. The molecule has 1 atom stereocenters. The summed E-state index contributed by atoms with van der Waals surface area (Å²) in [5, 5.41) is 0. The summed E-state index contributed by atoms with van der Waals surface area (Å²) in [6.07, 6.45) is 15.9. The fourth-order valence-electron chi connectivity index (χ4n) is 4.16. The van der Waals surface area contributed by atoms with Crippen LogP contribution in [0.4, 0.5) is 0 Å². The van der Waals surface area contributed by atoms with E-state index in [1.165, 1.54) is 76.7 Å². The zero-order valence-electron chi connectivity index (χ0n) is 13.3. The third kappa shape index (κ3) is 5.73. The van der Waals surface area contributed by atoms with E-state index in [1.807, 2.05) is 0 Å². The van der Waals surface area contributed by atoms with Crippen molar-refractivity contribution in [2.24, 2.45) is 5.92 Å². The Morgan fingerprint density at radius 3 is 2.20 bits per heavy atom. The lowest BCUT2D eigenvalue weighted by atomic mass is 9.87. The Bertz CT molecular complexity index is 254. The van der Waals surface area contributed by atoms with E-state index >= 15 is 0 Å². The molecule has 116 valence electrons. The van der Waals surface area contributed by atoms with Crippen molar-refractivity contribution in [3.63, 3.8) is 0 Å². The highest BCUT2D eigenvalue weighted by molar-refractivity contribution is 6.65. The highest BCUT2D eigenvalue weighted by Gasteiger charge is 2.22. The zero-order valence-corrected chi connectivity index (χ0v) is 14.5. The Morgan fingerprint density at radius 1 is 0.900 bits per heavy atom. The van der Waals surface area contributed by atoms with Crippen molar-refractivity contribution in [1.29, 1.82) is 0 Å². The van der Waals surface area contributed by atoms with Crippen LogP contribution in [0.15, 0.2) is 12.3 Å². The van der Waals surface area contributed by atoms with Gasteiger partial charge in [0.25, 0.3) is 0 Å². The lowest BCUT2D eigenvalue weighted by Gasteiger charge is -2.27. The van der Waals surface area contributed by atoms with Crippen LogP contribution in [-0.2, 0) is 4.74 Å². The molecule has 2 aliphatic carbocycles. The van der Waals surface area contributed by atoms with Crippen molar-refractivity contribution in [1.82, 2.24) is 0 Å². The molecule has 20 heavy (non-hydrogen) atoms. The Hall–Kier alpha value is -0.0831. The summed E-state index contributed by atoms with van der Waals surface area (Å²) in [5.41, 5.74) is 3.36. The summed E-state index contributed by atoms with van der Waals surface area (Å²) < 4.78 is 5.95. The second kappa shape index (κ2) is 9.78. The summed E-state index contributed by atoms with van der Waals surface area (Å²) >= 11 is 0. The maximum Gasteiger partial charge on any atom is 0.0660 e. The Morgan fingerprint density at radius 2 is 1.55 bits per heavy atom. The summed E-state index contributed by atoms with van der Waals surface area (Å²) in [6, 6.07) is 1.33. The van der Waals surface area contributed by atoms with E-state index in [9.17, 15) is 0 Å². The molecule has 0 N–H and O–H groups in total. The maximum atomic E-state index is 5.95. The Labute approximate surface area is 127 Å². The molecule has 1 nitrogen and oxygen atoms in total. The second-order valence-corrected chi connectivity index (χ2v) is 10.3. The topological polar surface area (TPSA) is 9.23 Å². The van der Waals surface area contributed by atoms with Gasteiger partial charge in [-0.15, -0.1) is 12.3 Å². The van der Waals surface area contributed by atoms with Gasteiger partial charge in [-0.25, -0.2) is 0 Å². The van der Waals surface area contributed by atoms with Crippen LogP contribution in [0.5, 0.6) is 0 Å². The summed E-state index contributed by atoms with van der Waals surface area (Å²) in [5.74, 6) is 0.967. The van der Waals surface area contributed by atoms with Gasteiger partial charge in [0.05, 0.1) is 8.80 Å². The van der Waals surface area contributed by atoms with Crippen LogP contribution in [-0.4, -0.2) is 22.0 Å². The molecule has 0 aromatic heterocycles. The SMILES string of the molecule is C=C[SiH](CCOCCC1CCCCC1)C1CCCCC1. The molecule has 0 heterocycles. The summed E-state index contributed by atoms with van der Waals surface area (Å²) in [7, 11) is -0.732. The minimum atomic E-state index is -0.732. The molecule has 0 aliphatic heterocycles. The minimum Gasteiger partial charge on any atom is -0.382 e. The van der Waals surface area contributed by atoms with Gasteiger partial charge in [-0.3, -0.25) is 0 Å². The average Bonchev–Trinajstić information content (AvgIpc) is 2.53. The maximum absolute atomic E-state index is 5.95. The number of rotatable bonds is 8. The largest absolute Gasteiger partial charge is 0.382 e. The first kappa shape index (κ1) is 16.3. The van der Waals surface area contributed by atoms with Crippen LogP contribution in [0.1, 0.15) is 70.6 Å². The Kier molecular flexibility index (Phi) is 7.97. The zero-order chi connectivity index (χ0) is 14.0. The van der Waals surface area contributed by atoms with Crippen molar-refractivity contribution >= 4 is 8.80 Å². The monoisotopic (exact) mass is 294 g/mol. The van der Waals surface area contributed by atoms with E-state index in [4.69, 9.17) is 4.74 Å². The van der Waals surface area contributed by atoms with Crippen LogP contribution < -0.4 is 0 Å². The molecule has 0 aromatic rings. The van der Waals surface area contributed by atoms with E-state index in [-0.39, 0.29) is 0 Å². The van der Waals surface area contributed by atoms with Gasteiger partial charge in [0, 0.05) is 13.2 Å². The lowest BCUT2D eigenvalue weighted by molar-refractivity contribution is 0.124. The standard InChI is InChI=1S/C18H34OSi/c1-2-20(18-11-7-4-8-12-18)16-15-19-14-13-17-9-5-3-6-10-17/h2,17-18,20H,1,3-16H2. The predicted molar refractivity (Wildman–Crippen MR) is 91.0 cm³/mol. The van der Waals surface area contributed by atoms with Gasteiger partial charge < -0.3 is 4.74 Å². The third-order valence-corrected chi connectivity index (χ3v) is 8.93. The quantitative estimate of drug-likeness (QED) is 0.438. The van der Waals surface area contributed by atoms with Crippen LogP contribution in [0.25, 0.3) is 0 Å². The molecule has 2 fully saturated rings. The molecule has 0 bridgehead atoms. The van der Waals surface area contributed by atoms with E-state index in [0.717, 1.165) is 24.7 Å². The molecule has 2 aliphatic rings. The normalized spacial score (nSPS) is 23.6. The van der Waals surface area contributed by atoms with Gasteiger partial charge in [-0.05, 0) is 23.9 Å². The second-order valence-electron chi connectivity index (χ2n) is 6.99. The minimum absolute atomic E-state index is 0.732. The van der Waals surface area contributed by atoms with Gasteiger partial charge in [-0.2, -0.15) is 0 Å². The number of hydrogen-bond acceptors (Lipinski definition) is 1. The Balaban J connectivity index is 1.53. The fraction of sp³-hybridized carbons (Fsp3) is 0.889. The molecule has 2 heteroatoms. The highest BCUT2D eigenvalue weighted by Crippen LogP contribution is 2.33. The molecule has 2 saturated carbocycles. The van der Waals surface area contributed by atoms with Gasteiger partial charge in [0.2, 0.25) is 0 Å². The molecule has 0 aromatic carbocycles. The average molecular weight is 295 g/mol. The first-order valence-electron chi connectivity index (χ1n) is 9.10. The lowest BCUT2D eigenvalue weighted by Crippen LogP contribution is -2.22. The first-order valence-corrected chi connectivity index (χ1v) is 11.3. The molecule has 0 radical (unpaired) electrons. The molecule has 0 saturated heterocycles. The summed E-state index contributed by atoms with van der Waals surface area (Å²) in [6.45, 7) is 6.13. The number of hydrogen-bond donors (Lipinski definition) is 0. The third-order valence-electron chi connectivity index (χ3n) is 5.55. The van der Waals surface area contributed by atoms with Crippen molar-refractivity contribution in [3.05, 3.63) is 12.3 Å². The van der Waals surface area contributed by atoms with E-state index < -0.39 is 8.80 Å². The van der Waals surface area contributed by atoms with Crippen LogP contribution in [0, 0.1) is 5.92 Å². The fourth-order valence-corrected chi connectivity index (χ4v) is 7.01. The first-order chi connectivity index (χ1) is 9.90. The van der Waals surface area contributed by atoms with Gasteiger partial charge in [-0.1, -0.05) is 64.2 Å². The molecule has 0 amide bonds. The van der Waals surface area contributed by atoms with Crippen molar-refractivity contribution < 1.29 is 4.74 Å². The van der Waals surface area contributed by atoms with E-state index in [2.05, 4.69) is 12.3 Å². The predicted octanol–water partition coefficient (Wildman–Crippen LogP) is 5.26. The van der Waals surface area contributed by atoms with Gasteiger partial charge in [0.1, 0.15) is 0 Å². The molecule has 2 rings (SSSR count). The van der Waals surface area contributed by atoms with Crippen molar-refractivity contribution in [2.45, 2.75) is 82.2 Å². The number of ether oxygens (including phenoxy) is 1. The van der Waals surface area contributed by atoms with E-state index in [1.54, 1.807) is 0 Å². The van der Waals surface area contributed by atoms with Gasteiger partial charge in [0.15, 0.2) is 0 Å².